The van der Waals surface area contributed by atoms with Crippen molar-refractivity contribution in [1.82, 2.24) is 25.5 Å². The predicted molar refractivity (Wildman–Crippen MR) is 134 cm³/mol. The predicted octanol–water partition coefficient (Wildman–Crippen LogP) is 4.85. The molecule has 1 heterocycles. The van der Waals surface area contributed by atoms with Gasteiger partial charge < -0.3 is 0 Å². The van der Waals surface area contributed by atoms with Crippen molar-refractivity contribution in [3.63, 3.8) is 0 Å². The van der Waals surface area contributed by atoms with E-state index in [1.54, 1.807) is 0 Å². The monoisotopic (exact) mass is 445 g/mol. The molecule has 0 unspecified atom stereocenters. The third-order valence-electron chi connectivity index (χ3n) is 6.14. The van der Waals surface area contributed by atoms with Gasteiger partial charge in [0.1, 0.15) is 0 Å². The van der Waals surface area contributed by atoms with Crippen LogP contribution in [-0.2, 0) is 18.5 Å². The Morgan fingerprint density at radius 2 is 1.09 bits per heavy atom. The molecule has 5 heteroatoms. The third-order valence-corrected chi connectivity index (χ3v) is 6.14. The number of hydrogen-bond donors (Lipinski definition) is 1. The molecular formula is C29H27N5. The highest BCUT2D eigenvalue weighted by atomic mass is 15.5. The van der Waals surface area contributed by atoms with E-state index in [9.17, 15) is 0 Å². The van der Waals surface area contributed by atoms with Crippen molar-refractivity contribution < 1.29 is 0 Å². The largest absolute Gasteiger partial charge is 0.300 e. The lowest BCUT2D eigenvalue weighted by Gasteiger charge is -2.37. The fourth-order valence-electron chi connectivity index (χ4n) is 4.51. The molecule has 5 nitrogen and oxygen atoms in total. The molecule has 0 aliphatic rings. The zero-order valence-electron chi connectivity index (χ0n) is 19.0. The van der Waals surface area contributed by atoms with Gasteiger partial charge in [-0.1, -0.05) is 121 Å². The van der Waals surface area contributed by atoms with Crippen molar-refractivity contribution in [2.75, 3.05) is 6.54 Å². The molecule has 5 aromatic rings. The number of aromatic nitrogens is 4. The maximum Gasteiger partial charge on any atom is 0.152 e. The summed E-state index contributed by atoms with van der Waals surface area (Å²) < 4.78 is 1.88. The summed E-state index contributed by atoms with van der Waals surface area (Å²) in [7, 11) is 0. The summed E-state index contributed by atoms with van der Waals surface area (Å²) in [5.41, 5.74) is 4.25. The van der Waals surface area contributed by atoms with Gasteiger partial charge >= 0.3 is 0 Å². The van der Waals surface area contributed by atoms with Crippen LogP contribution in [0.4, 0.5) is 0 Å². The topological polar surface area (TPSA) is 55.6 Å². The lowest BCUT2D eigenvalue weighted by Crippen LogP contribution is -2.45. The van der Waals surface area contributed by atoms with Crippen molar-refractivity contribution in [2.24, 2.45) is 0 Å². The zero-order valence-corrected chi connectivity index (χ0v) is 19.0. The van der Waals surface area contributed by atoms with Gasteiger partial charge in [-0.15, -0.1) is 5.10 Å². The molecule has 0 spiro atoms. The lowest BCUT2D eigenvalue weighted by atomic mass is 9.77. The Balaban J connectivity index is 1.47. The van der Waals surface area contributed by atoms with Crippen LogP contribution in [-0.4, -0.2) is 26.8 Å². The van der Waals surface area contributed by atoms with E-state index in [0.717, 1.165) is 5.82 Å². The average molecular weight is 446 g/mol. The molecule has 4 aromatic carbocycles. The first-order valence-electron chi connectivity index (χ1n) is 11.6. The number of tetrazole rings is 1. The summed E-state index contributed by atoms with van der Waals surface area (Å²) in [6.45, 7) is 1.36. The number of nitrogens with zero attached hydrogens (tertiary/aromatic N) is 4. The van der Waals surface area contributed by atoms with Crippen molar-refractivity contribution in [3.05, 3.63) is 149 Å². The highest BCUT2D eigenvalue weighted by molar-refractivity contribution is 5.49. The van der Waals surface area contributed by atoms with E-state index >= 15 is 0 Å². The highest BCUT2D eigenvalue weighted by Gasteiger charge is 2.35. The fourth-order valence-corrected chi connectivity index (χ4v) is 4.51. The SMILES string of the molecule is c1ccc(Cn2nnnc2CCNC(c2ccccc2)(c2ccccc2)c2ccccc2)cc1. The summed E-state index contributed by atoms with van der Waals surface area (Å²) in [6.07, 6.45) is 0.702. The van der Waals surface area contributed by atoms with Crippen molar-refractivity contribution >= 4 is 0 Å². The second kappa shape index (κ2) is 10.2. The maximum atomic E-state index is 4.31. The first-order valence-corrected chi connectivity index (χ1v) is 11.6. The molecule has 0 atom stereocenters. The van der Waals surface area contributed by atoms with Gasteiger partial charge in [0.15, 0.2) is 5.82 Å². The van der Waals surface area contributed by atoms with Crippen LogP contribution in [0.5, 0.6) is 0 Å². The van der Waals surface area contributed by atoms with Crippen LogP contribution in [0.1, 0.15) is 28.1 Å². The average Bonchev–Trinajstić information content (AvgIpc) is 3.35. The number of hydrogen-bond acceptors (Lipinski definition) is 4. The Labute approximate surface area is 200 Å². The van der Waals surface area contributed by atoms with Crippen LogP contribution in [0, 0.1) is 0 Å². The molecule has 0 amide bonds. The molecule has 0 saturated heterocycles. The molecule has 0 bridgehead atoms. The Morgan fingerprint density at radius 3 is 1.59 bits per heavy atom. The quantitative estimate of drug-likeness (QED) is 0.330. The third kappa shape index (κ3) is 4.51. The molecule has 0 radical (unpaired) electrons. The van der Waals surface area contributed by atoms with Crippen molar-refractivity contribution in [2.45, 2.75) is 18.5 Å². The maximum absolute atomic E-state index is 4.31. The summed E-state index contributed by atoms with van der Waals surface area (Å²) in [5.74, 6) is 0.861. The van der Waals surface area contributed by atoms with Crippen LogP contribution in [0.25, 0.3) is 0 Å². The van der Waals surface area contributed by atoms with E-state index in [2.05, 4.69) is 124 Å². The van der Waals surface area contributed by atoms with E-state index in [-0.39, 0.29) is 0 Å². The molecule has 168 valence electrons. The first kappa shape index (κ1) is 21.7. The molecule has 0 fully saturated rings. The normalized spacial score (nSPS) is 11.4. The minimum absolute atomic E-state index is 0.499. The van der Waals surface area contributed by atoms with E-state index in [1.165, 1.54) is 22.3 Å². The second-order valence-electron chi connectivity index (χ2n) is 8.26. The molecule has 0 aliphatic carbocycles. The smallest absolute Gasteiger partial charge is 0.152 e. The van der Waals surface area contributed by atoms with E-state index in [1.807, 2.05) is 22.9 Å². The van der Waals surface area contributed by atoms with Gasteiger partial charge in [0.2, 0.25) is 0 Å². The van der Waals surface area contributed by atoms with E-state index in [4.69, 9.17) is 0 Å². The summed E-state index contributed by atoms with van der Waals surface area (Å²) in [6, 6.07) is 42.1. The van der Waals surface area contributed by atoms with Crippen LogP contribution in [0.15, 0.2) is 121 Å². The summed E-state index contributed by atoms with van der Waals surface area (Å²) >= 11 is 0. The molecule has 5 rings (SSSR count). The summed E-state index contributed by atoms with van der Waals surface area (Å²) in [5, 5.41) is 16.4. The minimum Gasteiger partial charge on any atom is -0.300 e. The van der Waals surface area contributed by atoms with Gasteiger partial charge in [0.25, 0.3) is 0 Å². The molecule has 34 heavy (non-hydrogen) atoms. The number of nitrogens with one attached hydrogen (secondary N) is 1. The van der Waals surface area contributed by atoms with Crippen LogP contribution >= 0.6 is 0 Å². The first-order chi connectivity index (χ1) is 16.9. The van der Waals surface area contributed by atoms with Gasteiger partial charge in [-0.2, -0.15) is 0 Å². The molecular weight excluding hydrogens is 418 g/mol. The standard InChI is InChI=1S/C29H27N5/c1-5-13-24(14-6-1)23-34-28(31-32-33-34)21-22-30-29(25-15-7-2-8-16-25,26-17-9-3-10-18-26)27-19-11-4-12-20-27/h1-20,30H,21-23H2. The van der Waals surface area contributed by atoms with E-state index in [0.29, 0.717) is 19.5 Å². The van der Waals surface area contributed by atoms with Crippen LogP contribution in [0.2, 0.25) is 0 Å². The van der Waals surface area contributed by atoms with Gasteiger partial charge in [-0.05, 0) is 32.7 Å². The van der Waals surface area contributed by atoms with Crippen molar-refractivity contribution in [3.8, 4) is 0 Å². The van der Waals surface area contributed by atoms with Gasteiger partial charge in [-0.3, -0.25) is 5.32 Å². The number of rotatable bonds is 9. The molecule has 0 aliphatic heterocycles. The highest BCUT2D eigenvalue weighted by Crippen LogP contribution is 2.36. The van der Waals surface area contributed by atoms with Gasteiger partial charge in [-0.25, -0.2) is 4.68 Å². The summed E-state index contributed by atoms with van der Waals surface area (Å²) in [4.78, 5) is 0. The number of benzene rings is 4. The molecule has 1 N–H and O–H groups in total. The lowest BCUT2D eigenvalue weighted by molar-refractivity contribution is 0.467. The van der Waals surface area contributed by atoms with Gasteiger partial charge in [0, 0.05) is 13.0 Å². The zero-order chi connectivity index (χ0) is 23.1. The van der Waals surface area contributed by atoms with E-state index < -0.39 is 5.54 Å². The van der Waals surface area contributed by atoms with Crippen LogP contribution < -0.4 is 5.32 Å². The second-order valence-corrected chi connectivity index (χ2v) is 8.26. The Kier molecular flexibility index (Phi) is 6.54. The Hall–Kier alpha value is -4.09. The van der Waals surface area contributed by atoms with Gasteiger partial charge in [0.05, 0.1) is 12.1 Å². The van der Waals surface area contributed by atoms with Crippen molar-refractivity contribution in [1.29, 1.82) is 0 Å². The fraction of sp³-hybridized carbons (Fsp3) is 0.138. The van der Waals surface area contributed by atoms with Crippen LogP contribution in [0.3, 0.4) is 0 Å². The Morgan fingerprint density at radius 1 is 0.618 bits per heavy atom. The Bertz CT molecular complexity index is 1190. The molecule has 1 aromatic heterocycles. The minimum atomic E-state index is -0.499. The molecule has 0 saturated carbocycles.